The monoisotopic (exact) mass is 400 g/mol. The summed E-state index contributed by atoms with van der Waals surface area (Å²) in [6.07, 6.45) is 2.04. The molecule has 1 N–H and O–H groups in total. The highest BCUT2D eigenvalue weighted by Crippen LogP contribution is 2.24. The van der Waals surface area contributed by atoms with Crippen LogP contribution in [0.5, 0.6) is 0 Å². The Morgan fingerprint density at radius 3 is 2.70 bits per heavy atom. The molecule has 1 fully saturated rings. The lowest BCUT2D eigenvalue weighted by Gasteiger charge is -2.32. The van der Waals surface area contributed by atoms with Crippen molar-refractivity contribution in [3.8, 4) is 0 Å². The third kappa shape index (κ3) is 4.38. The first kappa shape index (κ1) is 20.1. The number of fused-ring (bicyclic) bond motifs is 1. The maximum absolute atomic E-state index is 13.0. The summed E-state index contributed by atoms with van der Waals surface area (Å²) in [6, 6.07) is 20.3. The maximum atomic E-state index is 13.0. The zero-order chi connectivity index (χ0) is 21.1. The van der Waals surface area contributed by atoms with Gasteiger partial charge in [-0.25, -0.2) is 0 Å². The smallest absolute Gasteiger partial charge is 0.229 e. The minimum Gasteiger partial charge on any atom is -0.342 e. The van der Waals surface area contributed by atoms with Crippen LogP contribution < -0.4 is 5.32 Å². The van der Waals surface area contributed by atoms with Gasteiger partial charge in [-0.15, -0.1) is 0 Å². The first-order valence-corrected chi connectivity index (χ1v) is 10.6. The largest absolute Gasteiger partial charge is 0.342 e. The number of nitrogens with one attached hydrogen (secondary N) is 1. The van der Waals surface area contributed by atoms with E-state index in [1.807, 2.05) is 61.2 Å². The van der Waals surface area contributed by atoms with Gasteiger partial charge >= 0.3 is 0 Å². The Kier molecular flexibility index (Phi) is 5.84. The van der Waals surface area contributed by atoms with Gasteiger partial charge in [-0.3, -0.25) is 9.59 Å². The van der Waals surface area contributed by atoms with E-state index in [2.05, 4.69) is 23.5 Å². The number of anilines is 1. The Labute approximate surface area is 177 Å². The highest BCUT2D eigenvalue weighted by atomic mass is 16.2. The minimum atomic E-state index is -0.171. The molecule has 1 aliphatic rings. The predicted octanol–water partition coefficient (Wildman–Crippen LogP) is 4.88. The van der Waals surface area contributed by atoms with E-state index in [-0.39, 0.29) is 17.7 Å². The van der Waals surface area contributed by atoms with Gasteiger partial charge in [0.2, 0.25) is 11.8 Å². The molecule has 0 spiro atoms. The van der Waals surface area contributed by atoms with Gasteiger partial charge in [-0.1, -0.05) is 54.6 Å². The van der Waals surface area contributed by atoms with Crippen LogP contribution in [0, 0.1) is 19.8 Å². The molecule has 0 bridgehead atoms. The Bertz CT molecular complexity index is 1080. The summed E-state index contributed by atoms with van der Waals surface area (Å²) < 4.78 is 0. The van der Waals surface area contributed by atoms with E-state index in [4.69, 9.17) is 0 Å². The Morgan fingerprint density at radius 1 is 1.03 bits per heavy atom. The van der Waals surface area contributed by atoms with E-state index in [1.165, 1.54) is 0 Å². The van der Waals surface area contributed by atoms with Crippen molar-refractivity contribution in [3.63, 3.8) is 0 Å². The average molecular weight is 401 g/mol. The lowest BCUT2D eigenvalue weighted by atomic mass is 9.95. The third-order valence-corrected chi connectivity index (χ3v) is 6.02. The van der Waals surface area contributed by atoms with Crippen LogP contribution in [-0.2, 0) is 16.0 Å². The fourth-order valence-corrected chi connectivity index (χ4v) is 4.24. The SMILES string of the molecule is Cc1ccc(C)c(NC(=O)[C@H]2CCCN(C(=O)Cc3cccc4ccccc34)C2)c1. The molecule has 0 aromatic heterocycles. The minimum absolute atomic E-state index is 0.00589. The maximum Gasteiger partial charge on any atom is 0.229 e. The molecular weight excluding hydrogens is 372 g/mol. The number of benzene rings is 3. The van der Waals surface area contributed by atoms with Gasteiger partial charge in [0.15, 0.2) is 0 Å². The van der Waals surface area contributed by atoms with E-state index >= 15 is 0 Å². The number of hydrogen-bond acceptors (Lipinski definition) is 2. The lowest BCUT2D eigenvalue weighted by Crippen LogP contribution is -2.44. The van der Waals surface area contributed by atoms with Crippen molar-refractivity contribution in [1.29, 1.82) is 0 Å². The molecule has 0 radical (unpaired) electrons. The first-order chi connectivity index (χ1) is 14.5. The van der Waals surface area contributed by atoms with Gasteiger partial charge in [0.1, 0.15) is 0 Å². The Morgan fingerprint density at radius 2 is 1.83 bits per heavy atom. The number of amides is 2. The van der Waals surface area contributed by atoms with Gasteiger partial charge in [0.05, 0.1) is 12.3 Å². The van der Waals surface area contributed by atoms with Crippen molar-refractivity contribution in [2.24, 2.45) is 5.92 Å². The van der Waals surface area contributed by atoms with Crippen LogP contribution in [0.15, 0.2) is 60.7 Å². The van der Waals surface area contributed by atoms with Gasteiger partial charge < -0.3 is 10.2 Å². The van der Waals surface area contributed by atoms with E-state index < -0.39 is 0 Å². The number of aryl methyl sites for hydroxylation is 2. The van der Waals surface area contributed by atoms with Crippen molar-refractivity contribution < 1.29 is 9.59 Å². The van der Waals surface area contributed by atoms with E-state index in [0.717, 1.165) is 52.5 Å². The van der Waals surface area contributed by atoms with Crippen LogP contribution >= 0.6 is 0 Å². The second-order valence-electron chi connectivity index (χ2n) is 8.30. The molecular formula is C26H28N2O2. The first-order valence-electron chi connectivity index (χ1n) is 10.6. The number of nitrogens with zero attached hydrogens (tertiary/aromatic N) is 1. The summed E-state index contributed by atoms with van der Waals surface area (Å²) in [5.41, 5.74) is 4.07. The topological polar surface area (TPSA) is 49.4 Å². The second kappa shape index (κ2) is 8.70. The van der Waals surface area contributed by atoms with Crippen molar-refractivity contribution >= 4 is 28.3 Å². The summed E-state index contributed by atoms with van der Waals surface area (Å²) in [6.45, 7) is 5.22. The average Bonchev–Trinajstić information content (AvgIpc) is 2.76. The van der Waals surface area contributed by atoms with Crippen molar-refractivity contribution in [2.75, 3.05) is 18.4 Å². The van der Waals surface area contributed by atoms with E-state index in [1.54, 1.807) is 0 Å². The van der Waals surface area contributed by atoms with Crippen LogP contribution in [-0.4, -0.2) is 29.8 Å². The molecule has 154 valence electrons. The summed E-state index contributed by atoms with van der Waals surface area (Å²) in [5, 5.41) is 5.34. The molecule has 0 saturated carbocycles. The number of carbonyl (C=O) groups excluding carboxylic acids is 2. The molecule has 3 aromatic carbocycles. The Balaban J connectivity index is 1.43. The molecule has 2 amide bonds. The van der Waals surface area contributed by atoms with Gasteiger partial charge in [-0.05, 0) is 60.2 Å². The van der Waals surface area contributed by atoms with Gasteiger partial charge in [0, 0.05) is 18.8 Å². The van der Waals surface area contributed by atoms with Crippen LogP contribution in [0.3, 0.4) is 0 Å². The highest BCUT2D eigenvalue weighted by molar-refractivity contribution is 5.94. The highest BCUT2D eigenvalue weighted by Gasteiger charge is 2.28. The fraction of sp³-hybridized carbons (Fsp3) is 0.308. The quantitative estimate of drug-likeness (QED) is 0.679. The summed E-state index contributed by atoms with van der Waals surface area (Å²) in [5.74, 6) is -0.0721. The normalized spacial score (nSPS) is 16.5. The van der Waals surface area contributed by atoms with E-state index in [9.17, 15) is 9.59 Å². The Hall–Kier alpha value is -3.14. The molecule has 1 saturated heterocycles. The number of piperidine rings is 1. The van der Waals surface area contributed by atoms with Crippen LogP contribution in [0.4, 0.5) is 5.69 Å². The van der Waals surface area contributed by atoms with Gasteiger partial charge in [-0.2, -0.15) is 0 Å². The fourth-order valence-electron chi connectivity index (χ4n) is 4.24. The molecule has 30 heavy (non-hydrogen) atoms. The van der Waals surface area contributed by atoms with Crippen molar-refractivity contribution in [1.82, 2.24) is 4.90 Å². The molecule has 3 aromatic rings. The summed E-state index contributed by atoms with van der Waals surface area (Å²) in [4.78, 5) is 27.8. The van der Waals surface area contributed by atoms with E-state index in [0.29, 0.717) is 13.0 Å². The number of likely N-dealkylation sites (tertiary alicyclic amines) is 1. The molecule has 0 unspecified atom stereocenters. The predicted molar refractivity (Wildman–Crippen MR) is 122 cm³/mol. The summed E-state index contributed by atoms with van der Waals surface area (Å²) in [7, 11) is 0. The zero-order valence-corrected chi connectivity index (χ0v) is 17.7. The number of carbonyl (C=O) groups is 2. The lowest BCUT2D eigenvalue weighted by molar-refractivity contribution is -0.133. The second-order valence-corrected chi connectivity index (χ2v) is 8.30. The molecule has 4 rings (SSSR count). The molecule has 1 aliphatic heterocycles. The van der Waals surface area contributed by atoms with Crippen molar-refractivity contribution in [2.45, 2.75) is 33.1 Å². The standard InChI is InChI=1S/C26H28N2O2/c1-18-12-13-19(2)24(15-18)27-26(30)22-10-6-14-28(17-22)25(29)16-21-9-5-8-20-7-3-4-11-23(20)21/h3-5,7-9,11-13,15,22H,6,10,14,16-17H2,1-2H3,(H,27,30)/t22-/m0/s1. The van der Waals surface area contributed by atoms with Gasteiger partial charge in [0.25, 0.3) is 0 Å². The van der Waals surface area contributed by atoms with Crippen LogP contribution in [0.2, 0.25) is 0 Å². The number of rotatable bonds is 4. The molecule has 1 atom stereocenters. The zero-order valence-electron chi connectivity index (χ0n) is 17.7. The third-order valence-electron chi connectivity index (χ3n) is 6.02. The van der Waals surface area contributed by atoms with Crippen LogP contribution in [0.1, 0.15) is 29.5 Å². The van der Waals surface area contributed by atoms with Crippen molar-refractivity contribution in [3.05, 3.63) is 77.4 Å². The summed E-state index contributed by atoms with van der Waals surface area (Å²) >= 11 is 0. The van der Waals surface area contributed by atoms with Crippen LogP contribution in [0.25, 0.3) is 10.8 Å². The molecule has 1 heterocycles. The molecule has 0 aliphatic carbocycles. The molecule has 4 nitrogen and oxygen atoms in total. The molecule has 4 heteroatoms. The number of hydrogen-bond donors (Lipinski definition) is 1.